The van der Waals surface area contributed by atoms with E-state index >= 15 is 0 Å². The molecule has 1 amide bonds. The maximum Gasteiger partial charge on any atom is 0.275 e. The third-order valence-electron chi connectivity index (χ3n) is 4.10. The van der Waals surface area contributed by atoms with E-state index in [1.165, 1.54) is 16.9 Å². The third-order valence-corrected chi connectivity index (χ3v) is 5.72. The number of amides is 1. The van der Waals surface area contributed by atoms with E-state index in [0.29, 0.717) is 36.1 Å². The monoisotopic (exact) mass is 398 g/mol. The number of carbonyl (C=O) groups is 1. The lowest BCUT2D eigenvalue weighted by atomic mass is 10.2. The van der Waals surface area contributed by atoms with Crippen LogP contribution in [0.3, 0.4) is 0 Å². The first kappa shape index (κ1) is 17.9. The summed E-state index contributed by atoms with van der Waals surface area (Å²) < 4.78 is 11.2. The molecule has 1 aliphatic rings. The number of anilines is 1. The summed E-state index contributed by atoms with van der Waals surface area (Å²) in [4.78, 5) is 18.1. The van der Waals surface area contributed by atoms with Crippen molar-refractivity contribution in [2.24, 2.45) is 0 Å². The zero-order valence-corrected chi connectivity index (χ0v) is 16.4. The first-order valence-electron chi connectivity index (χ1n) is 8.50. The average Bonchev–Trinajstić information content (AvgIpc) is 3.17. The summed E-state index contributed by atoms with van der Waals surface area (Å²) in [5.41, 5.74) is 2.30. The van der Waals surface area contributed by atoms with Gasteiger partial charge in [0.2, 0.25) is 0 Å². The van der Waals surface area contributed by atoms with Crippen LogP contribution in [0.25, 0.3) is 0 Å². The topological polar surface area (TPSA) is 60.5 Å². The molecule has 0 aliphatic carbocycles. The number of ether oxygens (including phenoxy) is 2. The van der Waals surface area contributed by atoms with Gasteiger partial charge in [0.05, 0.1) is 10.7 Å². The molecule has 1 aromatic heterocycles. The highest BCUT2D eigenvalue weighted by Crippen LogP contribution is 2.39. The number of hydrogen-bond donors (Lipinski definition) is 1. The molecule has 0 fully saturated rings. The molecular weight excluding hydrogens is 380 g/mol. The molecule has 27 heavy (non-hydrogen) atoms. The Hall–Kier alpha value is -2.51. The molecule has 4 rings (SSSR count). The van der Waals surface area contributed by atoms with E-state index < -0.39 is 0 Å². The predicted octanol–water partition coefficient (Wildman–Crippen LogP) is 4.48. The fourth-order valence-corrected chi connectivity index (χ4v) is 4.15. The summed E-state index contributed by atoms with van der Waals surface area (Å²) in [6.07, 6.45) is 2.68. The molecule has 5 nitrogen and oxygen atoms in total. The molecular formula is C20H18N2O3S2. The molecule has 138 valence electrons. The van der Waals surface area contributed by atoms with Crippen LogP contribution in [0.5, 0.6) is 11.5 Å². The van der Waals surface area contributed by atoms with Crippen molar-refractivity contribution >= 4 is 34.7 Å². The van der Waals surface area contributed by atoms with E-state index in [9.17, 15) is 4.79 Å². The average molecular weight is 399 g/mol. The van der Waals surface area contributed by atoms with Gasteiger partial charge in [-0.25, -0.2) is 4.98 Å². The Balaban J connectivity index is 1.51. The Morgan fingerprint density at radius 3 is 2.67 bits per heavy atom. The molecule has 7 heteroatoms. The SMILES string of the molecule is CSc1cc2c(cc1NC(=O)c1csc(Cc3ccccc3)n1)OCCO2. The lowest BCUT2D eigenvalue weighted by Crippen LogP contribution is -2.17. The van der Waals surface area contributed by atoms with Crippen molar-refractivity contribution in [3.8, 4) is 11.5 Å². The van der Waals surface area contributed by atoms with E-state index in [2.05, 4.69) is 22.4 Å². The van der Waals surface area contributed by atoms with Crippen LogP contribution in [-0.2, 0) is 6.42 Å². The van der Waals surface area contributed by atoms with Crippen LogP contribution in [0.4, 0.5) is 5.69 Å². The number of nitrogens with zero attached hydrogens (tertiary/aromatic N) is 1. The quantitative estimate of drug-likeness (QED) is 0.642. The van der Waals surface area contributed by atoms with Gasteiger partial charge in [-0.05, 0) is 17.9 Å². The lowest BCUT2D eigenvalue weighted by molar-refractivity contribution is 0.102. The molecule has 0 spiro atoms. The van der Waals surface area contributed by atoms with Crippen LogP contribution in [0.2, 0.25) is 0 Å². The molecule has 0 unspecified atom stereocenters. The van der Waals surface area contributed by atoms with Gasteiger partial charge in [-0.3, -0.25) is 4.79 Å². The fraction of sp³-hybridized carbons (Fsp3) is 0.200. The first-order chi connectivity index (χ1) is 13.2. The van der Waals surface area contributed by atoms with Crippen molar-refractivity contribution < 1.29 is 14.3 Å². The van der Waals surface area contributed by atoms with Crippen LogP contribution >= 0.6 is 23.1 Å². The van der Waals surface area contributed by atoms with Gasteiger partial charge in [-0.1, -0.05) is 30.3 Å². The summed E-state index contributed by atoms with van der Waals surface area (Å²) in [5.74, 6) is 1.14. The molecule has 0 saturated heterocycles. The first-order valence-corrected chi connectivity index (χ1v) is 10.6. The van der Waals surface area contributed by atoms with Crippen molar-refractivity contribution in [3.05, 3.63) is 64.1 Å². The fourth-order valence-electron chi connectivity index (χ4n) is 2.79. The number of carbonyl (C=O) groups excluding carboxylic acids is 1. The molecule has 0 saturated carbocycles. The largest absolute Gasteiger partial charge is 0.486 e. The van der Waals surface area contributed by atoms with Crippen LogP contribution in [0.1, 0.15) is 21.1 Å². The van der Waals surface area contributed by atoms with Crippen LogP contribution in [-0.4, -0.2) is 30.4 Å². The predicted molar refractivity (Wildman–Crippen MR) is 109 cm³/mol. The van der Waals surface area contributed by atoms with Gasteiger partial charge in [-0.2, -0.15) is 0 Å². The molecule has 2 aromatic carbocycles. The Morgan fingerprint density at radius 1 is 1.19 bits per heavy atom. The summed E-state index contributed by atoms with van der Waals surface area (Å²) in [6, 6.07) is 13.8. The molecule has 1 N–H and O–H groups in total. The highest BCUT2D eigenvalue weighted by molar-refractivity contribution is 7.98. The number of benzene rings is 2. The van der Waals surface area contributed by atoms with E-state index in [4.69, 9.17) is 9.47 Å². The Bertz CT molecular complexity index is 957. The minimum absolute atomic E-state index is 0.225. The third kappa shape index (κ3) is 4.09. The number of thiazole rings is 1. The number of fused-ring (bicyclic) bond motifs is 1. The summed E-state index contributed by atoms with van der Waals surface area (Å²) in [6.45, 7) is 1.05. The minimum atomic E-state index is -0.225. The van der Waals surface area contributed by atoms with Gasteiger partial charge >= 0.3 is 0 Å². The summed E-state index contributed by atoms with van der Waals surface area (Å²) in [7, 11) is 0. The van der Waals surface area contributed by atoms with E-state index in [0.717, 1.165) is 16.3 Å². The van der Waals surface area contributed by atoms with Crippen LogP contribution < -0.4 is 14.8 Å². The van der Waals surface area contributed by atoms with Gasteiger partial charge in [0, 0.05) is 22.8 Å². The second-order valence-electron chi connectivity index (χ2n) is 5.94. The van der Waals surface area contributed by atoms with E-state index in [-0.39, 0.29) is 5.91 Å². The Morgan fingerprint density at radius 2 is 1.93 bits per heavy atom. The lowest BCUT2D eigenvalue weighted by Gasteiger charge is -2.20. The van der Waals surface area contributed by atoms with Gasteiger partial charge < -0.3 is 14.8 Å². The van der Waals surface area contributed by atoms with Crippen molar-refractivity contribution in [1.82, 2.24) is 4.98 Å². The van der Waals surface area contributed by atoms with Gasteiger partial charge in [0.25, 0.3) is 5.91 Å². The summed E-state index contributed by atoms with van der Waals surface area (Å²) >= 11 is 3.04. The van der Waals surface area contributed by atoms with E-state index in [1.807, 2.05) is 36.6 Å². The van der Waals surface area contributed by atoms with Crippen LogP contribution in [0.15, 0.2) is 52.7 Å². The smallest absolute Gasteiger partial charge is 0.275 e. The van der Waals surface area contributed by atoms with Crippen LogP contribution in [0, 0.1) is 0 Å². The molecule has 0 radical (unpaired) electrons. The normalized spacial score (nSPS) is 12.6. The van der Waals surface area contributed by atoms with E-state index in [1.54, 1.807) is 17.1 Å². The number of rotatable bonds is 5. The second kappa shape index (κ2) is 8.02. The maximum absolute atomic E-state index is 12.7. The number of thioether (sulfide) groups is 1. The van der Waals surface area contributed by atoms with Gasteiger partial charge in [-0.15, -0.1) is 23.1 Å². The molecule has 2 heterocycles. The highest BCUT2D eigenvalue weighted by atomic mass is 32.2. The zero-order chi connectivity index (χ0) is 18.6. The van der Waals surface area contributed by atoms with Gasteiger partial charge in [0.1, 0.15) is 18.9 Å². The minimum Gasteiger partial charge on any atom is -0.486 e. The van der Waals surface area contributed by atoms with Crippen molar-refractivity contribution in [3.63, 3.8) is 0 Å². The molecule has 1 aliphatic heterocycles. The van der Waals surface area contributed by atoms with Crippen molar-refractivity contribution in [2.45, 2.75) is 11.3 Å². The Labute approximate surface area is 165 Å². The second-order valence-corrected chi connectivity index (χ2v) is 7.73. The zero-order valence-electron chi connectivity index (χ0n) is 14.7. The Kier molecular flexibility index (Phi) is 5.31. The summed E-state index contributed by atoms with van der Waals surface area (Å²) in [5, 5.41) is 5.67. The molecule has 0 bridgehead atoms. The molecule has 0 atom stereocenters. The number of nitrogens with one attached hydrogen (secondary N) is 1. The van der Waals surface area contributed by atoms with Gasteiger partial charge in [0.15, 0.2) is 11.5 Å². The number of hydrogen-bond acceptors (Lipinski definition) is 6. The van der Waals surface area contributed by atoms with Crippen molar-refractivity contribution in [1.29, 1.82) is 0 Å². The number of aromatic nitrogens is 1. The highest BCUT2D eigenvalue weighted by Gasteiger charge is 2.18. The van der Waals surface area contributed by atoms with Crippen molar-refractivity contribution in [2.75, 3.05) is 24.8 Å². The maximum atomic E-state index is 12.7. The molecule has 3 aromatic rings. The standard InChI is InChI=1S/C20H18N2O3S2/c1-26-18-11-17-16(24-7-8-25-17)10-14(18)22-20(23)15-12-27-19(21-15)9-13-5-3-2-4-6-13/h2-6,10-12H,7-9H2,1H3,(H,22,23).